The van der Waals surface area contributed by atoms with Crippen LogP contribution in [0.3, 0.4) is 0 Å². The molecule has 5 heteroatoms. The lowest BCUT2D eigenvalue weighted by atomic mass is 10.0. The van der Waals surface area contributed by atoms with E-state index in [2.05, 4.69) is 6.92 Å². The third-order valence-electron chi connectivity index (χ3n) is 2.28. The summed E-state index contributed by atoms with van der Waals surface area (Å²) in [6.07, 6.45) is 1.11. The molecule has 0 aliphatic heterocycles. The number of hydrogen-bond donors (Lipinski definition) is 2. The summed E-state index contributed by atoms with van der Waals surface area (Å²) in [6.45, 7) is 4.21. The molecular weight excluding hydrogens is 184 g/mol. The number of rotatable bonds is 6. The first-order valence-electron chi connectivity index (χ1n) is 4.43. The van der Waals surface area contributed by atoms with E-state index in [1.165, 1.54) is 0 Å². The highest BCUT2D eigenvalue weighted by molar-refractivity contribution is 6.44. The van der Waals surface area contributed by atoms with Crippen molar-refractivity contribution in [2.24, 2.45) is 11.7 Å². The van der Waals surface area contributed by atoms with E-state index in [0.717, 1.165) is 12.5 Å². The standard InChI is InChI=1S/C8H21NO2Si.H3N/c1-7(8(2)9)5-6-12(10-3)11-4;/h7-8,12H,5-6,9H2,1-4H3;1H3. The van der Waals surface area contributed by atoms with Crippen LogP contribution in [-0.2, 0) is 8.85 Å². The van der Waals surface area contributed by atoms with Gasteiger partial charge in [-0.3, -0.25) is 0 Å². The van der Waals surface area contributed by atoms with Gasteiger partial charge in [0.25, 0.3) is 0 Å². The SMILES string of the molecule is CO[SiH](CCC(C)C(C)N)OC.N. The Morgan fingerprint density at radius 3 is 2.00 bits per heavy atom. The van der Waals surface area contributed by atoms with E-state index in [0.29, 0.717) is 5.92 Å². The molecule has 2 unspecified atom stereocenters. The first-order valence-corrected chi connectivity index (χ1v) is 6.19. The maximum Gasteiger partial charge on any atom is 0.320 e. The summed E-state index contributed by atoms with van der Waals surface area (Å²) in [5, 5.41) is 0. The lowest BCUT2D eigenvalue weighted by Gasteiger charge is -2.17. The molecule has 0 saturated carbocycles. The summed E-state index contributed by atoms with van der Waals surface area (Å²) in [4.78, 5) is 0. The molecule has 0 amide bonds. The fourth-order valence-corrected chi connectivity index (χ4v) is 2.46. The second-order valence-corrected chi connectivity index (χ2v) is 5.69. The Labute approximate surface area is 83.2 Å². The van der Waals surface area contributed by atoms with Gasteiger partial charge in [-0.2, -0.15) is 0 Å². The van der Waals surface area contributed by atoms with Gasteiger partial charge in [0.05, 0.1) is 0 Å². The summed E-state index contributed by atoms with van der Waals surface area (Å²) in [5.74, 6) is 0.560. The highest BCUT2D eigenvalue weighted by atomic mass is 28.3. The van der Waals surface area contributed by atoms with Crippen molar-refractivity contribution in [1.82, 2.24) is 6.15 Å². The van der Waals surface area contributed by atoms with Crippen molar-refractivity contribution in [3.63, 3.8) is 0 Å². The van der Waals surface area contributed by atoms with Crippen molar-refractivity contribution in [2.45, 2.75) is 32.4 Å². The second kappa shape index (κ2) is 8.65. The minimum absolute atomic E-state index is 0. The highest BCUT2D eigenvalue weighted by Crippen LogP contribution is 2.11. The molecule has 0 heterocycles. The molecule has 0 bridgehead atoms. The van der Waals surface area contributed by atoms with E-state index in [1.807, 2.05) is 6.92 Å². The lowest BCUT2D eigenvalue weighted by molar-refractivity contribution is 0.272. The fourth-order valence-electron chi connectivity index (χ4n) is 0.994. The molecule has 0 aliphatic rings. The third-order valence-corrected chi connectivity index (χ3v) is 4.14. The van der Waals surface area contributed by atoms with Crippen LogP contribution in [0.25, 0.3) is 0 Å². The molecule has 0 radical (unpaired) electrons. The molecule has 0 aliphatic carbocycles. The zero-order valence-corrected chi connectivity index (χ0v) is 10.4. The van der Waals surface area contributed by atoms with E-state index in [9.17, 15) is 0 Å². The minimum atomic E-state index is -1.35. The number of hydrogen-bond acceptors (Lipinski definition) is 4. The normalized spacial score (nSPS) is 15.2. The Hall–Kier alpha value is 0.0569. The number of nitrogens with two attached hydrogens (primary N) is 1. The van der Waals surface area contributed by atoms with Crippen LogP contribution in [0.4, 0.5) is 0 Å². The Morgan fingerprint density at radius 2 is 1.69 bits per heavy atom. The molecule has 5 N–H and O–H groups in total. The highest BCUT2D eigenvalue weighted by Gasteiger charge is 2.13. The maximum absolute atomic E-state index is 5.74. The molecule has 82 valence electrons. The van der Waals surface area contributed by atoms with Gasteiger partial charge in [-0.15, -0.1) is 0 Å². The monoisotopic (exact) mass is 208 g/mol. The summed E-state index contributed by atoms with van der Waals surface area (Å²) in [5.41, 5.74) is 5.74. The average molecular weight is 208 g/mol. The molecule has 0 aromatic rings. The topological polar surface area (TPSA) is 79.5 Å². The Kier molecular flexibility index (Phi) is 10.3. The van der Waals surface area contributed by atoms with Crippen LogP contribution < -0.4 is 11.9 Å². The third kappa shape index (κ3) is 7.15. The quantitative estimate of drug-likeness (QED) is 0.639. The summed E-state index contributed by atoms with van der Waals surface area (Å²) < 4.78 is 10.4. The summed E-state index contributed by atoms with van der Waals surface area (Å²) >= 11 is 0. The van der Waals surface area contributed by atoms with Gasteiger partial charge in [-0.05, 0) is 25.3 Å². The van der Waals surface area contributed by atoms with E-state index < -0.39 is 9.28 Å². The maximum atomic E-state index is 5.74. The zero-order chi connectivity index (χ0) is 9.56. The Morgan fingerprint density at radius 1 is 1.23 bits per heavy atom. The smallest absolute Gasteiger partial charge is 0.320 e. The Balaban J connectivity index is 0. The molecular formula is C8H24N2O2Si. The van der Waals surface area contributed by atoms with Crippen LogP contribution in [0.5, 0.6) is 0 Å². The van der Waals surface area contributed by atoms with Gasteiger partial charge in [0.2, 0.25) is 0 Å². The molecule has 4 nitrogen and oxygen atoms in total. The van der Waals surface area contributed by atoms with Gasteiger partial charge in [0.1, 0.15) is 0 Å². The van der Waals surface area contributed by atoms with E-state index >= 15 is 0 Å². The molecule has 0 saturated heterocycles. The van der Waals surface area contributed by atoms with Crippen LogP contribution in [0.1, 0.15) is 20.3 Å². The van der Waals surface area contributed by atoms with Gasteiger partial charge in [0, 0.05) is 20.3 Å². The summed E-state index contributed by atoms with van der Waals surface area (Å²) in [7, 11) is 2.09. The molecule has 0 aromatic carbocycles. The second-order valence-electron chi connectivity index (χ2n) is 3.31. The predicted octanol–water partition coefficient (Wildman–Crippen LogP) is 1.04. The molecule has 0 aromatic heterocycles. The Bertz CT molecular complexity index is 108. The average Bonchev–Trinajstić information content (AvgIpc) is 2.05. The fraction of sp³-hybridized carbons (Fsp3) is 1.00. The first kappa shape index (κ1) is 15.5. The van der Waals surface area contributed by atoms with Gasteiger partial charge < -0.3 is 20.7 Å². The van der Waals surface area contributed by atoms with Crippen molar-refractivity contribution in [3.05, 3.63) is 0 Å². The van der Waals surface area contributed by atoms with Crippen molar-refractivity contribution in [1.29, 1.82) is 0 Å². The van der Waals surface area contributed by atoms with Crippen molar-refractivity contribution in [3.8, 4) is 0 Å². The van der Waals surface area contributed by atoms with E-state index in [-0.39, 0.29) is 12.2 Å². The van der Waals surface area contributed by atoms with Crippen LogP contribution in [-0.4, -0.2) is 29.5 Å². The summed E-state index contributed by atoms with van der Waals surface area (Å²) in [6, 6.07) is 1.32. The minimum Gasteiger partial charge on any atom is -0.400 e. The van der Waals surface area contributed by atoms with Crippen LogP contribution in [0.15, 0.2) is 0 Å². The van der Waals surface area contributed by atoms with Crippen LogP contribution in [0.2, 0.25) is 6.04 Å². The van der Waals surface area contributed by atoms with Gasteiger partial charge >= 0.3 is 9.28 Å². The lowest BCUT2D eigenvalue weighted by Crippen LogP contribution is -2.27. The van der Waals surface area contributed by atoms with Crippen molar-refractivity contribution >= 4 is 9.28 Å². The molecule has 0 spiro atoms. The van der Waals surface area contributed by atoms with Gasteiger partial charge in [-0.1, -0.05) is 6.92 Å². The predicted molar refractivity (Wildman–Crippen MR) is 58.4 cm³/mol. The zero-order valence-electron chi connectivity index (χ0n) is 9.25. The molecule has 0 fully saturated rings. The largest absolute Gasteiger partial charge is 0.400 e. The van der Waals surface area contributed by atoms with E-state index in [4.69, 9.17) is 14.6 Å². The van der Waals surface area contributed by atoms with Gasteiger partial charge in [-0.25, -0.2) is 0 Å². The van der Waals surface area contributed by atoms with E-state index in [1.54, 1.807) is 14.2 Å². The van der Waals surface area contributed by atoms with Crippen LogP contribution in [0, 0.1) is 5.92 Å². The van der Waals surface area contributed by atoms with Gasteiger partial charge in [0.15, 0.2) is 0 Å². The molecule has 2 atom stereocenters. The molecule has 0 rings (SSSR count). The first-order chi connectivity index (χ1) is 5.61. The van der Waals surface area contributed by atoms with Crippen molar-refractivity contribution < 1.29 is 8.85 Å². The van der Waals surface area contributed by atoms with Crippen molar-refractivity contribution in [2.75, 3.05) is 14.2 Å². The van der Waals surface area contributed by atoms with Crippen LogP contribution >= 0.6 is 0 Å². The molecule has 13 heavy (non-hydrogen) atoms.